The van der Waals surface area contributed by atoms with Gasteiger partial charge in [-0.2, -0.15) is 0 Å². The Morgan fingerprint density at radius 3 is 2.67 bits per heavy atom. The van der Waals surface area contributed by atoms with E-state index in [0.29, 0.717) is 0 Å². The summed E-state index contributed by atoms with van der Waals surface area (Å²) in [7, 11) is 0. The number of aryl methyl sites for hydroxylation is 1. The van der Waals surface area contributed by atoms with Crippen LogP contribution in [0.1, 0.15) is 22.8 Å². The summed E-state index contributed by atoms with van der Waals surface area (Å²) in [5.74, 6) is 1.78. The number of rotatable bonds is 3. The molecular formula is C18H21NO2. The topological polar surface area (TPSA) is 30.5 Å². The van der Waals surface area contributed by atoms with Gasteiger partial charge in [0, 0.05) is 18.7 Å². The van der Waals surface area contributed by atoms with Crippen LogP contribution < -0.4 is 10.1 Å². The van der Waals surface area contributed by atoms with Crippen LogP contribution in [0, 0.1) is 13.8 Å². The predicted molar refractivity (Wildman–Crippen MR) is 84.0 cm³/mol. The predicted octanol–water partition coefficient (Wildman–Crippen LogP) is 3.76. The molecule has 2 aromatic carbocycles. The number of ether oxygens (including phenoxy) is 2. The zero-order chi connectivity index (χ0) is 14.7. The van der Waals surface area contributed by atoms with Gasteiger partial charge >= 0.3 is 0 Å². The SMILES string of the molecule is Cc1cccc(Oc2ccccc2C2CNCCO2)c1C. The van der Waals surface area contributed by atoms with Crippen molar-refractivity contribution in [2.24, 2.45) is 0 Å². The monoisotopic (exact) mass is 283 g/mol. The van der Waals surface area contributed by atoms with Crippen LogP contribution in [-0.2, 0) is 4.74 Å². The average Bonchev–Trinajstić information content (AvgIpc) is 2.53. The van der Waals surface area contributed by atoms with Gasteiger partial charge in [0.2, 0.25) is 0 Å². The molecule has 0 bridgehead atoms. The summed E-state index contributed by atoms with van der Waals surface area (Å²) < 4.78 is 12.0. The fourth-order valence-corrected chi connectivity index (χ4v) is 2.56. The van der Waals surface area contributed by atoms with Crippen molar-refractivity contribution in [1.82, 2.24) is 5.32 Å². The van der Waals surface area contributed by atoms with Crippen molar-refractivity contribution >= 4 is 0 Å². The normalized spacial score (nSPS) is 18.5. The molecule has 3 rings (SSSR count). The number of hydrogen-bond donors (Lipinski definition) is 1. The summed E-state index contributed by atoms with van der Waals surface area (Å²) in [6, 6.07) is 14.3. The van der Waals surface area contributed by atoms with E-state index in [1.807, 2.05) is 30.3 Å². The van der Waals surface area contributed by atoms with Crippen molar-refractivity contribution in [2.75, 3.05) is 19.7 Å². The van der Waals surface area contributed by atoms with Crippen LogP contribution in [0.4, 0.5) is 0 Å². The Morgan fingerprint density at radius 1 is 1.05 bits per heavy atom. The maximum Gasteiger partial charge on any atom is 0.133 e. The number of hydrogen-bond acceptors (Lipinski definition) is 3. The lowest BCUT2D eigenvalue weighted by molar-refractivity contribution is 0.0265. The van der Waals surface area contributed by atoms with Crippen LogP contribution in [0.2, 0.25) is 0 Å². The van der Waals surface area contributed by atoms with Gasteiger partial charge in [-0.15, -0.1) is 0 Å². The minimum absolute atomic E-state index is 0.0556. The van der Waals surface area contributed by atoms with Crippen LogP contribution in [0.15, 0.2) is 42.5 Å². The Morgan fingerprint density at radius 2 is 1.86 bits per heavy atom. The van der Waals surface area contributed by atoms with Gasteiger partial charge in [0.15, 0.2) is 0 Å². The zero-order valence-electron chi connectivity index (χ0n) is 12.6. The van der Waals surface area contributed by atoms with Crippen molar-refractivity contribution in [3.05, 3.63) is 59.2 Å². The Bertz CT molecular complexity index is 618. The summed E-state index contributed by atoms with van der Waals surface area (Å²) in [5, 5.41) is 3.36. The largest absolute Gasteiger partial charge is 0.457 e. The minimum atomic E-state index is 0.0556. The lowest BCUT2D eigenvalue weighted by Crippen LogP contribution is -2.33. The van der Waals surface area contributed by atoms with Crippen molar-refractivity contribution in [3.63, 3.8) is 0 Å². The standard InChI is InChI=1S/C18H21NO2/c1-13-6-5-9-16(14(13)2)21-17-8-4-3-7-15(17)18-12-19-10-11-20-18/h3-9,18-19H,10-12H2,1-2H3. The molecule has 21 heavy (non-hydrogen) atoms. The zero-order valence-corrected chi connectivity index (χ0v) is 12.6. The molecule has 110 valence electrons. The molecular weight excluding hydrogens is 262 g/mol. The second-order valence-corrected chi connectivity index (χ2v) is 5.40. The first-order chi connectivity index (χ1) is 10.3. The molecule has 3 heteroatoms. The average molecular weight is 283 g/mol. The van der Waals surface area contributed by atoms with Gasteiger partial charge in [0.1, 0.15) is 11.5 Å². The highest BCUT2D eigenvalue weighted by Crippen LogP contribution is 2.33. The molecule has 1 aliphatic heterocycles. The molecule has 1 unspecified atom stereocenters. The van der Waals surface area contributed by atoms with Gasteiger partial charge in [-0.05, 0) is 37.1 Å². The molecule has 0 aliphatic carbocycles. The summed E-state index contributed by atoms with van der Waals surface area (Å²) in [6.45, 7) is 6.67. The molecule has 1 atom stereocenters. The van der Waals surface area contributed by atoms with E-state index < -0.39 is 0 Å². The lowest BCUT2D eigenvalue weighted by atomic mass is 10.1. The molecule has 3 nitrogen and oxygen atoms in total. The molecule has 0 radical (unpaired) electrons. The van der Waals surface area contributed by atoms with E-state index in [1.54, 1.807) is 0 Å². The van der Waals surface area contributed by atoms with Crippen LogP contribution in [0.5, 0.6) is 11.5 Å². The van der Waals surface area contributed by atoms with E-state index in [-0.39, 0.29) is 6.10 Å². The first-order valence-electron chi connectivity index (χ1n) is 7.41. The Labute approximate surface area is 125 Å². The summed E-state index contributed by atoms with van der Waals surface area (Å²) in [6.07, 6.45) is 0.0556. The highest BCUT2D eigenvalue weighted by atomic mass is 16.5. The van der Waals surface area contributed by atoms with Crippen molar-refractivity contribution in [3.8, 4) is 11.5 Å². The molecule has 0 amide bonds. The molecule has 0 spiro atoms. The van der Waals surface area contributed by atoms with Gasteiger partial charge < -0.3 is 14.8 Å². The van der Waals surface area contributed by atoms with Crippen LogP contribution in [-0.4, -0.2) is 19.7 Å². The van der Waals surface area contributed by atoms with Crippen LogP contribution in [0.25, 0.3) is 0 Å². The molecule has 0 aromatic heterocycles. The number of morpholine rings is 1. The number of nitrogens with one attached hydrogen (secondary N) is 1. The van der Waals surface area contributed by atoms with E-state index in [0.717, 1.165) is 36.8 Å². The quantitative estimate of drug-likeness (QED) is 0.930. The van der Waals surface area contributed by atoms with Crippen LogP contribution >= 0.6 is 0 Å². The highest BCUT2D eigenvalue weighted by molar-refractivity contribution is 5.44. The summed E-state index contributed by atoms with van der Waals surface area (Å²) in [5.41, 5.74) is 3.51. The van der Waals surface area contributed by atoms with Crippen molar-refractivity contribution in [2.45, 2.75) is 20.0 Å². The Hall–Kier alpha value is -1.84. The van der Waals surface area contributed by atoms with Crippen molar-refractivity contribution in [1.29, 1.82) is 0 Å². The van der Waals surface area contributed by atoms with E-state index in [4.69, 9.17) is 9.47 Å². The molecule has 1 fully saturated rings. The van der Waals surface area contributed by atoms with Gasteiger partial charge in [0.25, 0.3) is 0 Å². The van der Waals surface area contributed by atoms with Crippen molar-refractivity contribution < 1.29 is 9.47 Å². The van der Waals surface area contributed by atoms with Gasteiger partial charge in [-0.1, -0.05) is 30.3 Å². The maximum absolute atomic E-state index is 6.17. The first-order valence-corrected chi connectivity index (χ1v) is 7.41. The molecule has 1 aliphatic rings. The van der Waals surface area contributed by atoms with Gasteiger partial charge in [0.05, 0.1) is 12.7 Å². The highest BCUT2D eigenvalue weighted by Gasteiger charge is 2.20. The van der Waals surface area contributed by atoms with E-state index in [2.05, 4.69) is 31.3 Å². The minimum Gasteiger partial charge on any atom is -0.457 e. The number of para-hydroxylation sites is 1. The third-order valence-corrected chi connectivity index (χ3v) is 3.97. The molecule has 1 N–H and O–H groups in total. The summed E-state index contributed by atoms with van der Waals surface area (Å²) in [4.78, 5) is 0. The van der Waals surface area contributed by atoms with Crippen LogP contribution in [0.3, 0.4) is 0 Å². The van der Waals surface area contributed by atoms with E-state index in [1.165, 1.54) is 11.1 Å². The number of benzene rings is 2. The third kappa shape index (κ3) is 3.09. The fraction of sp³-hybridized carbons (Fsp3) is 0.333. The van der Waals surface area contributed by atoms with Gasteiger partial charge in [-0.25, -0.2) is 0 Å². The molecule has 2 aromatic rings. The molecule has 0 saturated carbocycles. The maximum atomic E-state index is 6.17. The Balaban J connectivity index is 1.90. The third-order valence-electron chi connectivity index (χ3n) is 3.97. The Kier molecular flexibility index (Phi) is 4.23. The summed E-state index contributed by atoms with van der Waals surface area (Å²) >= 11 is 0. The lowest BCUT2D eigenvalue weighted by Gasteiger charge is -2.25. The second kappa shape index (κ2) is 6.29. The first kappa shape index (κ1) is 14.1. The van der Waals surface area contributed by atoms with E-state index >= 15 is 0 Å². The fourth-order valence-electron chi connectivity index (χ4n) is 2.56. The second-order valence-electron chi connectivity index (χ2n) is 5.40. The van der Waals surface area contributed by atoms with Gasteiger partial charge in [-0.3, -0.25) is 0 Å². The molecule has 1 saturated heterocycles. The molecule has 1 heterocycles. The smallest absolute Gasteiger partial charge is 0.133 e. The van der Waals surface area contributed by atoms with E-state index in [9.17, 15) is 0 Å².